The Morgan fingerprint density at radius 3 is 2.83 bits per heavy atom. The number of aliphatic hydroxyl groups is 1. The number of hydrogen-bond donors (Lipinski definition) is 1. The fourth-order valence-corrected chi connectivity index (χ4v) is 2.86. The molecule has 0 radical (unpaired) electrons. The second-order valence-corrected chi connectivity index (χ2v) is 5.45. The molecular weight excluding hydrogens is 253 g/mol. The Kier molecular flexibility index (Phi) is 4.60. The highest BCUT2D eigenvalue weighted by Gasteiger charge is 2.26. The van der Waals surface area contributed by atoms with Crippen molar-refractivity contribution in [1.82, 2.24) is 4.90 Å². The van der Waals surface area contributed by atoms with E-state index in [4.69, 9.17) is 11.6 Å². The first kappa shape index (κ1) is 13.8. The van der Waals surface area contributed by atoms with Crippen LogP contribution in [0.3, 0.4) is 0 Å². The van der Waals surface area contributed by atoms with Gasteiger partial charge in [0.2, 0.25) is 0 Å². The summed E-state index contributed by atoms with van der Waals surface area (Å²) in [5, 5.41) is 10.1. The normalized spacial score (nSPS) is 24.5. The Hall–Kier alpha value is -0.640. The third-order valence-electron chi connectivity index (χ3n) is 3.71. The first-order chi connectivity index (χ1) is 8.59. The Morgan fingerprint density at radius 1 is 1.39 bits per heavy atom. The summed E-state index contributed by atoms with van der Waals surface area (Å²) in [6.45, 7) is 0.480. The Balaban J connectivity index is 2.06. The van der Waals surface area contributed by atoms with Crippen LogP contribution in [0, 0.1) is 5.82 Å². The molecule has 0 bridgehead atoms. The third-order valence-corrected chi connectivity index (χ3v) is 4.00. The van der Waals surface area contributed by atoms with Crippen LogP contribution < -0.4 is 0 Å². The van der Waals surface area contributed by atoms with Gasteiger partial charge < -0.3 is 5.11 Å². The minimum Gasteiger partial charge on any atom is -0.391 e. The van der Waals surface area contributed by atoms with Gasteiger partial charge >= 0.3 is 0 Å². The second kappa shape index (κ2) is 6.00. The lowest BCUT2D eigenvalue weighted by Crippen LogP contribution is -2.43. The van der Waals surface area contributed by atoms with E-state index in [0.29, 0.717) is 12.1 Å². The maximum atomic E-state index is 13.8. The molecule has 100 valence electrons. The molecule has 2 atom stereocenters. The van der Waals surface area contributed by atoms with Crippen molar-refractivity contribution in [3.63, 3.8) is 0 Å². The van der Waals surface area contributed by atoms with Gasteiger partial charge in [0.1, 0.15) is 5.82 Å². The van der Waals surface area contributed by atoms with Gasteiger partial charge in [-0.25, -0.2) is 4.39 Å². The van der Waals surface area contributed by atoms with Crippen molar-refractivity contribution < 1.29 is 9.50 Å². The minimum absolute atomic E-state index is 0.122. The monoisotopic (exact) mass is 271 g/mol. The van der Waals surface area contributed by atoms with Gasteiger partial charge in [0, 0.05) is 18.2 Å². The third kappa shape index (κ3) is 3.02. The number of aliphatic hydroxyl groups excluding tert-OH is 1. The van der Waals surface area contributed by atoms with Gasteiger partial charge in [-0.3, -0.25) is 4.90 Å². The van der Waals surface area contributed by atoms with Crippen molar-refractivity contribution in [3.8, 4) is 0 Å². The van der Waals surface area contributed by atoms with Gasteiger partial charge in [0.25, 0.3) is 0 Å². The second-order valence-electron chi connectivity index (χ2n) is 5.05. The largest absolute Gasteiger partial charge is 0.391 e. The van der Waals surface area contributed by atoms with Gasteiger partial charge in [-0.1, -0.05) is 36.6 Å². The molecule has 1 aliphatic rings. The van der Waals surface area contributed by atoms with Gasteiger partial charge in [-0.05, 0) is 26.0 Å². The molecule has 1 aromatic rings. The number of halogens is 2. The van der Waals surface area contributed by atoms with E-state index in [1.54, 1.807) is 18.2 Å². The molecule has 2 nitrogen and oxygen atoms in total. The molecule has 1 N–H and O–H groups in total. The average Bonchev–Trinajstić information content (AvgIpc) is 2.35. The van der Waals surface area contributed by atoms with Crippen molar-refractivity contribution in [3.05, 3.63) is 34.6 Å². The van der Waals surface area contributed by atoms with Gasteiger partial charge in [0.05, 0.1) is 11.1 Å². The van der Waals surface area contributed by atoms with Crippen LogP contribution in [0.4, 0.5) is 4.39 Å². The molecule has 0 amide bonds. The zero-order valence-corrected chi connectivity index (χ0v) is 11.3. The minimum atomic E-state index is -0.351. The van der Waals surface area contributed by atoms with Crippen molar-refractivity contribution in [2.75, 3.05) is 7.05 Å². The molecule has 2 rings (SSSR count). The SMILES string of the molecule is CN(Cc1cccc(Cl)c1F)C1CCCCC1O. The maximum Gasteiger partial charge on any atom is 0.146 e. The summed E-state index contributed by atoms with van der Waals surface area (Å²) >= 11 is 5.77. The van der Waals surface area contributed by atoms with E-state index in [1.807, 2.05) is 11.9 Å². The highest BCUT2D eigenvalue weighted by atomic mass is 35.5. The van der Waals surface area contributed by atoms with E-state index in [0.717, 1.165) is 25.7 Å². The molecule has 0 aromatic heterocycles. The van der Waals surface area contributed by atoms with Gasteiger partial charge in [-0.2, -0.15) is 0 Å². The summed E-state index contributed by atoms with van der Waals surface area (Å²) in [5.74, 6) is -0.351. The summed E-state index contributed by atoms with van der Waals surface area (Å²) < 4.78 is 13.8. The lowest BCUT2D eigenvalue weighted by atomic mass is 9.91. The summed E-state index contributed by atoms with van der Waals surface area (Å²) in [5.41, 5.74) is 0.586. The first-order valence-electron chi connectivity index (χ1n) is 6.41. The van der Waals surface area contributed by atoms with E-state index < -0.39 is 0 Å². The fraction of sp³-hybridized carbons (Fsp3) is 0.571. The van der Waals surface area contributed by atoms with Crippen molar-refractivity contribution >= 4 is 11.6 Å². The highest BCUT2D eigenvalue weighted by Crippen LogP contribution is 2.25. The molecule has 1 saturated carbocycles. The molecule has 0 aliphatic heterocycles. The summed E-state index contributed by atoms with van der Waals surface area (Å²) in [4.78, 5) is 2.03. The fourth-order valence-electron chi connectivity index (χ4n) is 2.66. The molecule has 1 aliphatic carbocycles. The number of likely N-dealkylation sites (N-methyl/N-ethyl adjacent to an activating group) is 1. The van der Waals surface area contributed by atoms with Crippen LogP contribution in [-0.4, -0.2) is 29.2 Å². The molecule has 1 fully saturated rings. The maximum absolute atomic E-state index is 13.8. The van der Waals surface area contributed by atoms with Crippen LogP contribution in [0.2, 0.25) is 5.02 Å². The zero-order chi connectivity index (χ0) is 13.1. The van der Waals surface area contributed by atoms with E-state index in [9.17, 15) is 9.50 Å². The summed E-state index contributed by atoms with van der Waals surface area (Å²) in [7, 11) is 1.93. The molecule has 1 aromatic carbocycles. The van der Waals surface area contributed by atoms with Crippen LogP contribution in [-0.2, 0) is 6.54 Å². The molecule has 2 unspecified atom stereocenters. The topological polar surface area (TPSA) is 23.5 Å². The quantitative estimate of drug-likeness (QED) is 0.913. The molecule has 18 heavy (non-hydrogen) atoms. The number of rotatable bonds is 3. The van der Waals surface area contributed by atoms with Crippen LogP contribution in [0.25, 0.3) is 0 Å². The van der Waals surface area contributed by atoms with E-state index in [1.165, 1.54) is 0 Å². The van der Waals surface area contributed by atoms with Gasteiger partial charge in [-0.15, -0.1) is 0 Å². The van der Waals surface area contributed by atoms with Crippen molar-refractivity contribution in [2.24, 2.45) is 0 Å². The van der Waals surface area contributed by atoms with Crippen LogP contribution >= 0.6 is 11.6 Å². The average molecular weight is 272 g/mol. The van der Waals surface area contributed by atoms with Gasteiger partial charge in [0.15, 0.2) is 0 Å². The Bertz CT molecular complexity index is 413. The van der Waals surface area contributed by atoms with E-state index in [-0.39, 0.29) is 23.0 Å². The molecule has 0 saturated heterocycles. The highest BCUT2D eigenvalue weighted by molar-refractivity contribution is 6.30. The summed E-state index contributed by atoms with van der Waals surface area (Å²) in [6, 6.07) is 5.17. The lowest BCUT2D eigenvalue weighted by molar-refractivity contribution is 0.0284. The lowest BCUT2D eigenvalue weighted by Gasteiger charge is -2.35. The standard InChI is InChI=1S/C14H19ClFNO/c1-17(12-7-2-3-8-13(12)18)9-10-5-4-6-11(15)14(10)16/h4-6,12-13,18H,2-3,7-9H2,1H3. The molecule has 0 spiro atoms. The molecule has 4 heteroatoms. The molecule has 0 heterocycles. The Morgan fingerprint density at radius 2 is 2.11 bits per heavy atom. The van der Waals surface area contributed by atoms with E-state index >= 15 is 0 Å². The van der Waals surface area contributed by atoms with Crippen LogP contribution in [0.5, 0.6) is 0 Å². The number of benzene rings is 1. The number of hydrogen-bond acceptors (Lipinski definition) is 2. The predicted octanol–water partition coefficient (Wildman–Crippen LogP) is 3.21. The van der Waals surface area contributed by atoms with Crippen LogP contribution in [0.1, 0.15) is 31.2 Å². The predicted molar refractivity (Wildman–Crippen MR) is 71.1 cm³/mol. The van der Waals surface area contributed by atoms with E-state index in [2.05, 4.69) is 0 Å². The van der Waals surface area contributed by atoms with Crippen LogP contribution in [0.15, 0.2) is 18.2 Å². The first-order valence-corrected chi connectivity index (χ1v) is 6.78. The number of nitrogens with zero attached hydrogens (tertiary/aromatic N) is 1. The Labute approximate surface area is 112 Å². The van der Waals surface area contributed by atoms with Crippen molar-refractivity contribution in [2.45, 2.75) is 44.4 Å². The van der Waals surface area contributed by atoms with Crippen molar-refractivity contribution in [1.29, 1.82) is 0 Å². The zero-order valence-electron chi connectivity index (χ0n) is 10.6. The summed E-state index contributed by atoms with van der Waals surface area (Å²) in [6.07, 6.45) is 3.72. The molecular formula is C14H19ClFNO. The smallest absolute Gasteiger partial charge is 0.146 e.